The average molecular weight is 431 g/mol. The summed E-state index contributed by atoms with van der Waals surface area (Å²) in [6.07, 6.45) is 3.87. The van der Waals surface area contributed by atoms with E-state index in [1.165, 1.54) is 0 Å². The van der Waals surface area contributed by atoms with Crippen LogP contribution in [0.25, 0.3) is 0 Å². The van der Waals surface area contributed by atoms with Gasteiger partial charge >= 0.3 is 5.97 Å². The van der Waals surface area contributed by atoms with Crippen LogP contribution >= 0.6 is 7.37 Å². The first-order chi connectivity index (χ1) is 14.2. The second kappa shape index (κ2) is 10.9. The molecule has 4 nitrogen and oxygen atoms in total. The van der Waals surface area contributed by atoms with E-state index < -0.39 is 24.4 Å². The number of hydrogen-bond donors (Lipinski definition) is 2. The molecule has 0 aliphatic carbocycles. The lowest BCUT2D eigenvalue weighted by Gasteiger charge is -2.42. The van der Waals surface area contributed by atoms with Gasteiger partial charge in [-0.15, -0.1) is 0 Å². The highest BCUT2D eigenvalue weighted by Crippen LogP contribution is 2.65. The Morgan fingerprint density at radius 1 is 1.03 bits per heavy atom. The van der Waals surface area contributed by atoms with E-state index in [2.05, 4.69) is 6.92 Å². The van der Waals surface area contributed by atoms with Crippen LogP contribution in [0.3, 0.4) is 0 Å². The predicted octanol–water partition coefficient (Wildman–Crippen LogP) is 6.69. The van der Waals surface area contributed by atoms with Gasteiger partial charge in [0.05, 0.1) is 17.2 Å². The maximum absolute atomic E-state index is 14.0. The summed E-state index contributed by atoms with van der Waals surface area (Å²) in [7, 11) is -3.68. The van der Waals surface area contributed by atoms with Crippen LogP contribution in [0, 0.1) is 5.92 Å². The molecule has 4 unspecified atom stereocenters. The first kappa shape index (κ1) is 24.4. The van der Waals surface area contributed by atoms with Crippen LogP contribution in [0.1, 0.15) is 69.9 Å². The van der Waals surface area contributed by atoms with Crippen LogP contribution in [-0.4, -0.2) is 21.1 Å². The molecule has 2 aromatic carbocycles. The number of unbranched alkanes of at least 4 members (excludes halogenated alkanes) is 2. The zero-order chi connectivity index (χ0) is 22.2. The normalized spacial score (nSPS) is 17.5. The van der Waals surface area contributed by atoms with Gasteiger partial charge in [-0.05, 0) is 36.8 Å². The fraction of sp³-hybridized carbons (Fsp3) is 0.480. The summed E-state index contributed by atoms with van der Waals surface area (Å²) < 4.78 is 14.0. The van der Waals surface area contributed by atoms with Crippen molar-refractivity contribution in [3.8, 4) is 0 Å². The largest absolute Gasteiger partial charge is 0.481 e. The molecule has 30 heavy (non-hydrogen) atoms. The Labute approximate surface area is 180 Å². The second-order valence-corrected chi connectivity index (χ2v) is 11.3. The lowest BCUT2D eigenvalue weighted by molar-refractivity contribution is -0.141. The predicted molar refractivity (Wildman–Crippen MR) is 123 cm³/mol. The minimum Gasteiger partial charge on any atom is -0.481 e. The van der Waals surface area contributed by atoms with Crippen molar-refractivity contribution in [1.82, 2.24) is 0 Å². The molecule has 2 rings (SSSR count). The maximum atomic E-state index is 14.0. The van der Waals surface area contributed by atoms with E-state index in [1.807, 2.05) is 67.6 Å². The first-order valence-electron chi connectivity index (χ1n) is 10.8. The van der Waals surface area contributed by atoms with Gasteiger partial charge in [-0.1, -0.05) is 93.8 Å². The second-order valence-electron chi connectivity index (χ2n) is 8.60. The number of aliphatic carboxylic acids is 1. The molecule has 0 amide bonds. The van der Waals surface area contributed by atoms with Crippen molar-refractivity contribution in [1.29, 1.82) is 0 Å². The van der Waals surface area contributed by atoms with E-state index in [1.54, 1.807) is 6.92 Å². The zero-order valence-electron chi connectivity index (χ0n) is 18.3. The number of benzene rings is 2. The third-order valence-corrected chi connectivity index (χ3v) is 9.21. The van der Waals surface area contributed by atoms with E-state index in [4.69, 9.17) is 0 Å². The van der Waals surface area contributed by atoms with Gasteiger partial charge in [-0.25, -0.2) is 0 Å². The number of carboxylic acids is 1. The van der Waals surface area contributed by atoms with E-state index in [-0.39, 0.29) is 12.1 Å². The van der Waals surface area contributed by atoms with Gasteiger partial charge in [-0.3, -0.25) is 9.36 Å². The minimum absolute atomic E-state index is 0.0985. The molecule has 0 bridgehead atoms. The van der Waals surface area contributed by atoms with Crippen molar-refractivity contribution in [3.05, 3.63) is 71.8 Å². The van der Waals surface area contributed by atoms with Gasteiger partial charge in [0.25, 0.3) is 0 Å². The van der Waals surface area contributed by atoms with Crippen LogP contribution in [0.2, 0.25) is 0 Å². The van der Waals surface area contributed by atoms with E-state index in [9.17, 15) is 19.4 Å². The molecule has 2 N–H and O–H groups in total. The van der Waals surface area contributed by atoms with Gasteiger partial charge in [-0.2, -0.15) is 0 Å². The zero-order valence-corrected chi connectivity index (χ0v) is 19.2. The monoisotopic (exact) mass is 430 g/mol. The molecular weight excluding hydrogens is 395 g/mol. The molecule has 0 aliphatic heterocycles. The molecule has 0 aliphatic rings. The van der Waals surface area contributed by atoms with Crippen LogP contribution in [0.4, 0.5) is 0 Å². The van der Waals surface area contributed by atoms with Crippen molar-refractivity contribution in [2.75, 3.05) is 0 Å². The SMILES string of the molecule is CCCCCC(C)(C(CC(C)C(=O)O)c1ccccc1)P(=O)(O)Cc1ccccc1. The van der Waals surface area contributed by atoms with E-state index in [0.29, 0.717) is 12.8 Å². The maximum Gasteiger partial charge on any atom is 0.306 e. The summed E-state index contributed by atoms with van der Waals surface area (Å²) in [4.78, 5) is 23.1. The molecule has 5 heteroatoms. The molecule has 4 atom stereocenters. The highest BCUT2D eigenvalue weighted by atomic mass is 31.2. The standard InChI is InChI=1S/C25H35O4P/c1-4-5-12-17-25(3,30(28,29)19-21-13-8-6-9-14-21)23(18-20(2)24(26)27)22-15-10-7-11-16-22/h6-11,13-16,20,23H,4-5,12,17-19H2,1-3H3,(H,26,27)(H,28,29). The first-order valence-corrected chi connectivity index (χ1v) is 12.7. The van der Waals surface area contributed by atoms with Gasteiger partial charge in [0.2, 0.25) is 7.37 Å². The van der Waals surface area contributed by atoms with Crippen LogP contribution in [-0.2, 0) is 15.5 Å². The van der Waals surface area contributed by atoms with Gasteiger partial charge in [0.1, 0.15) is 0 Å². The fourth-order valence-electron chi connectivity index (χ4n) is 4.23. The van der Waals surface area contributed by atoms with Gasteiger partial charge in [0.15, 0.2) is 0 Å². The number of carbonyl (C=O) groups is 1. The number of carboxylic acid groups (broad SMARTS) is 1. The van der Waals surface area contributed by atoms with E-state index >= 15 is 0 Å². The molecule has 0 heterocycles. The number of rotatable bonds is 12. The Hall–Kier alpha value is -1.90. The van der Waals surface area contributed by atoms with Crippen LogP contribution < -0.4 is 0 Å². The quantitative estimate of drug-likeness (QED) is 0.290. The highest BCUT2D eigenvalue weighted by molar-refractivity contribution is 7.59. The van der Waals surface area contributed by atoms with E-state index in [0.717, 1.165) is 30.4 Å². The summed E-state index contributed by atoms with van der Waals surface area (Å²) >= 11 is 0. The lowest BCUT2D eigenvalue weighted by Crippen LogP contribution is -2.36. The Kier molecular flexibility index (Phi) is 8.88. The smallest absolute Gasteiger partial charge is 0.306 e. The summed E-state index contributed by atoms with van der Waals surface area (Å²) in [5.41, 5.74) is 1.77. The molecule has 0 saturated carbocycles. The third kappa shape index (κ3) is 6.06. The molecule has 0 radical (unpaired) electrons. The summed E-state index contributed by atoms with van der Waals surface area (Å²) in [5.74, 6) is -1.79. The molecule has 0 spiro atoms. The topological polar surface area (TPSA) is 74.6 Å². The Morgan fingerprint density at radius 2 is 1.60 bits per heavy atom. The Bertz CT molecular complexity index is 837. The number of hydrogen-bond acceptors (Lipinski definition) is 2. The van der Waals surface area contributed by atoms with Crippen molar-refractivity contribution in [2.45, 2.75) is 70.1 Å². The fourth-order valence-corrected chi connectivity index (χ4v) is 6.54. The average Bonchev–Trinajstić information content (AvgIpc) is 2.72. The van der Waals surface area contributed by atoms with Crippen molar-refractivity contribution < 1.29 is 19.4 Å². The lowest BCUT2D eigenvalue weighted by atomic mass is 9.78. The van der Waals surface area contributed by atoms with Crippen molar-refractivity contribution in [2.24, 2.45) is 5.92 Å². The molecule has 0 saturated heterocycles. The van der Waals surface area contributed by atoms with Crippen molar-refractivity contribution >= 4 is 13.3 Å². The summed E-state index contributed by atoms with van der Waals surface area (Å²) in [6.45, 7) is 5.70. The molecule has 164 valence electrons. The molecule has 2 aromatic rings. The summed E-state index contributed by atoms with van der Waals surface area (Å²) in [6, 6.07) is 19.1. The van der Waals surface area contributed by atoms with Crippen LogP contribution in [0.15, 0.2) is 60.7 Å². The Morgan fingerprint density at radius 3 is 2.13 bits per heavy atom. The molecule has 0 aromatic heterocycles. The van der Waals surface area contributed by atoms with Crippen LogP contribution in [0.5, 0.6) is 0 Å². The Balaban J connectivity index is 2.52. The van der Waals surface area contributed by atoms with Crippen molar-refractivity contribution in [3.63, 3.8) is 0 Å². The summed E-state index contributed by atoms with van der Waals surface area (Å²) in [5, 5.41) is 8.65. The van der Waals surface area contributed by atoms with Gasteiger partial charge in [0, 0.05) is 0 Å². The minimum atomic E-state index is -3.68. The highest BCUT2D eigenvalue weighted by Gasteiger charge is 2.49. The molecule has 0 fully saturated rings. The van der Waals surface area contributed by atoms with Gasteiger partial charge < -0.3 is 10.00 Å². The third-order valence-electron chi connectivity index (χ3n) is 6.29. The molecular formula is C25H35O4P.